The van der Waals surface area contributed by atoms with Gasteiger partial charge in [-0.2, -0.15) is 0 Å². The van der Waals surface area contributed by atoms with E-state index in [9.17, 15) is 9.59 Å². The van der Waals surface area contributed by atoms with E-state index in [4.69, 9.17) is 5.73 Å². The molecule has 3 N–H and O–H groups in total. The third kappa shape index (κ3) is 6.02. The number of nitrogens with zero attached hydrogens (tertiary/aromatic N) is 1. The second kappa shape index (κ2) is 8.67. The van der Waals surface area contributed by atoms with E-state index in [0.717, 1.165) is 6.42 Å². The van der Waals surface area contributed by atoms with Crippen molar-refractivity contribution in [2.45, 2.75) is 46.2 Å². The van der Waals surface area contributed by atoms with E-state index >= 15 is 0 Å². The van der Waals surface area contributed by atoms with Gasteiger partial charge in [0.15, 0.2) is 0 Å². The van der Waals surface area contributed by atoms with E-state index in [-0.39, 0.29) is 30.3 Å². The minimum atomic E-state index is -0.585. The highest BCUT2D eigenvalue weighted by atomic mass is 16.2. The van der Waals surface area contributed by atoms with Crippen LogP contribution in [0.5, 0.6) is 0 Å². The van der Waals surface area contributed by atoms with Crippen molar-refractivity contribution in [3.63, 3.8) is 0 Å². The largest absolute Gasteiger partial charge is 0.346 e. The normalized spacial score (nSPS) is 13.5. The predicted molar refractivity (Wildman–Crippen MR) is 92.9 cm³/mol. The highest BCUT2D eigenvalue weighted by molar-refractivity contribution is 5.87. The topological polar surface area (TPSA) is 75.4 Å². The number of aryl methyl sites for hydroxylation is 1. The van der Waals surface area contributed by atoms with E-state index in [2.05, 4.69) is 29.6 Å². The van der Waals surface area contributed by atoms with Gasteiger partial charge in [-0.15, -0.1) is 0 Å². The Labute approximate surface area is 139 Å². The van der Waals surface area contributed by atoms with E-state index < -0.39 is 6.04 Å². The van der Waals surface area contributed by atoms with Crippen molar-refractivity contribution in [3.05, 3.63) is 35.4 Å². The van der Waals surface area contributed by atoms with E-state index in [1.807, 2.05) is 27.7 Å². The fourth-order valence-corrected chi connectivity index (χ4v) is 2.16. The number of likely N-dealkylation sites (N-methyl/N-ethyl adjacent to an activating group) is 1. The molecule has 0 fully saturated rings. The van der Waals surface area contributed by atoms with Crippen LogP contribution in [-0.2, 0) is 16.0 Å². The SMILES string of the molecule is Cc1ccc(CC(C)N(C)C(=O)CNC(=O)[C@@H](N)C(C)C)cc1. The zero-order valence-electron chi connectivity index (χ0n) is 14.8. The Morgan fingerprint density at radius 1 is 1.17 bits per heavy atom. The molecule has 0 radical (unpaired) electrons. The average Bonchev–Trinajstić information content (AvgIpc) is 2.52. The van der Waals surface area contributed by atoms with Crippen LogP contribution in [0.1, 0.15) is 31.9 Å². The second-order valence-electron chi connectivity index (χ2n) is 6.53. The number of benzene rings is 1. The van der Waals surface area contributed by atoms with Crippen LogP contribution in [0.25, 0.3) is 0 Å². The van der Waals surface area contributed by atoms with Gasteiger partial charge in [0.2, 0.25) is 11.8 Å². The summed E-state index contributed by atoms with van der Waals surface area (Å²) in [6.45, 7) is 7.78. The van der Waals surface area contributed by atoms with Crippen molar-refractivity contribution in [2.24, 2.45) is 11.7 Å². The Hall–Kier alpha value is -1.88. The summed E-state index contributed by atoms with van der Waals surface area (Å²) in [7, 11) is 1.76. The highest BCUT2D eigenvalue weighted by Gasteiger charge is 2.20. The molecule has 2 atom stereocenters. The van der Waals surface area contributed by atoms with Gasteiger partial charge in [-0.25, -0.2) is 0 Å². The average molecular weight is 319 g/mol. The van der Waals surface area contributed by atoms with Gasteiger partial charge in [-0.05, 0) is 31.7 Å². The molecule has 5 nitrogen and oxygen atoms in total. The van der Waals surface area contributed by atoms with Crippen LogP contribution < -0.4 is 11.1 Å². The van der Waals surface area contributed by atoms with E-state index in [1.165, 1.54) is 11.1 Å². The first-order valence-electron chi connectivity index (χ1n) is 8.06. The van der Waals surface area contributed by atoms with Gasteiger partial charge in [-0.1, -0.05) is 43.7 Å². The van der Waals surface area contributed by atoms with Gasteiger partial charge in [-0.3, -0.25) is 9.59 Å². The molecule has 1 unspecified atom stereocenters. The Bertz CT molecular complexity index is 526. The predicted octanol–water partition coefficient (Wildman–Crippen LogP) is 1.48. The lowest BCUT2D eigenvalue weighted by molar-refractivity contribution is -0.133. The molecule has 0 spiro atoms. The molecule has 0 aliphatic heterocycles. The maximum atomic E-state index is 12.2. The molecule has 2 amide bonds. The zero-order valence-corrected chi connectivity index (χ0v) is 14.8. The molecule has 0 aliphatic rings. The van der Waals surface area contributed by atoms with Crippen LogP contribution in [0.3, 0.4) is 0 Å². The van der Waals surface area contributed by atoms with Crippen molar-refractivity contribution in [3.8, 4) is 0 Å². The molecule has 0 heterocycles. The number of carbonyl (C=O) groups excluding carboxylic acids is 2. The molecule has 0 saturated carbocycles. The van der Waals surface area contributed by atoms with Crippen molar-refractivity contribution < 1.29 is 9.59 Å². The summed E-state index contributed by atoms with van der Waals surface area (Å²) in [4.78, 5) is 25.7. The lowest BCUT2D eigenvalue weighted by Crippen LogP contribution is -2.48. The number of nitrogens with one attached hydrogen (secondary N) is 1. The van der Waals surface area contributed by atoms with Crippen LogP contribution in [0.15, 0.2) is 24.3 Å². The highest BCUT2D eigenvalue weighted by Crippen LogP contribution is 2.09. The van der Waals surface area contributed by atoms with Crippen molar-refractivity contribution >= 4 is 11.8 Å². The summed E-state index contributed by atoms with van der Waals surface area (Å²) in [6.07, 6.45) is 0.780. The van der Waals surface area contributed by atoms with Crippen LogP contribution in [0.2, 0.25) is 0 Å². The lowest BCUT2D eigenvalue weighted by Gasteiger charge is -2.26. The Morgan fingerprint density at radius 3 is 2.26 bits per heavy atom. The number of hydrogen-bond acceptors (Lipinski definition) is 3. The van der Waals surface area contributed by atoms with Crippen LogP contribution in [0, 0.1) is 12.8 Å². The Kier molecular flexibility index (Phi) is 7.23. The van der Waals surface area contributed by atoms with Gasteiger partial charge in [0.25, 0.3) is 0 Å². The molecule has 0 bridgehead atoms. The van der Waals surface area contributed by atoms with E-state index in [0.29, 0.717) is 0 Å². The van der Waals surface area contributed by atoms with E-state index in [1.54, 1.807) is 11.9 Å². The fourth-order valence-electron chi connectivity index (χ4n) is 2.16. The first-order chi connectivity index (χ1) is 10.7. The number of amides is 2. The van der Waals surface area contributed by atoms with Crippen molar-refractivity contribution in [2.75, 3.05) is 13.6 Å². The van der Waals surface area contributed by atoms with Crippen molar-refractivity contribution in [1.82, 2.24) is 10.2 Å². The number of hydrogen-bond donors (Lipinski definition) is 2. The maximum Gasteiger partial charge on any atom is 0.241 e. The molecule has 0 aliphatic carbocycles. The molecule has 23 heavy (non-hydrogen) atoms. The summed E-state index contributed by atoms with van der Waals surface area (Å²) in [5, 5.41) is 2.62. The number of rotatable bonds is 7. The number of nitrogens with two attached hydrogens (primary N) is 1. The summed E-state index contributed by atoms with van der Waals surface area (Å²) < 4.78 is 0. The second-order valence-corrected chi connectivity index (χ2v) is 6.53. The van der Waals surface area contributed by atoms with Gasteiger partial charge in [0.1, 0.15) is 0 Å². The van der Waals surface area contributed by atoms with Gasteiger partial charge in [0.05, 0.1) is 12.6 Å². The van der Waals surface area contributed by atoms with Gasteiger partial charge >= 0.3 is 0 Å². The maximum absolute atomic E-state index is 12.2. The number of carbonyl (C=O) groups is 2. The summed E-state index contributed by atoms with van der Waals surface area (Å²) in [5.41, 5.74) is 8.17. The summed E-state index contributed by atoms with van der Waals surface area (Å²) >= 11 is 0. The molecule has 1 rings (SSSR count). The molecule has 1 aromatic rings. The summed E-state index contributed by atoms with van der Waals surface area (Å²) in [6, 6.07) is 7.76. The minimum absolute atomic E-state index is 0.0199. The summed E-state index contributed by atoms with van der Waals surface area (Å²) in [5.74, 6) is -0.356. The first kappa shape index (κ1) is 19.2. The molecular weight excluding hydrogens is 290 g/mol. The molecular formula is C18H29N3O2. The molecule has 1 aromatic carbocycles. The van der Waals surface area contributed by atoms with Gasteiger partial charge < -0.3 is 16.0 Å². The fraction of sp³-hybridized carbons (Fsp3) is 0.556. The van der Waals surface area contributed by atoms with Gasteiger partial charge in [0, 0.05) is 13.1 Å². The molecule has 0 saturated heterocycles. The zero-order chi connectivity index (χ0) is 17.6. The molecule has 0 aromatic heterocycles. The standard InChI is InChI=1S/C18H29N3O2/c1-12(2)17(19)18(23)20-11-16(22)21(5)14(4)10-15-8-6-13(3)7-9-15/h6-9,12,14,17H,10-11,19H2,1-5H3,(H,20,23)/t14?,17-/m0/s1. The third-order valence-electron chi connectivity index (χ3n) is 4.14. The van der Waals surface area contributed by atoms with Crippen LogP contribution in [-0.4, -0.2) is 42.4 Å². The monoisotopic (exact) mass is 319 g/mol. The van der Waals surface area contributed by atoms with Crippen molar-refractivity contribution in [1.29, 1.82) is 0 Å². The van der Waals surface area contributed by atoms with Crippen LogP contribution in [0.4, 0.5) is 0 Å². The molecule has 5 heteroatoms. The Morgan fingerprint density at radius 2 is 1.74 bits per heavy atom. The third-order valence-corrected chi connectivity index (χ3v) is 4.14. The molecule has 128 valence electrons. The smallest absolute Gasteiger partial charge is 0.241 e. The first-order valence-corrected chi connectivity index (χ1v) is 8.06. The Balaban J connectivity index is 2.49. The quantitative estimate of drug-likeness (QED) is 0.799. The van der Waals surface area contributed by atoms with Crippen LogP contribution >= 0.6 is 0 Å². The lowest BCUT2D eigenvalue weighted by atomic mass is 10.0. The minimum Gasteiger partial charge on any atom is -0.346 e.